The summed E-state index contributed by atoms with van der Waals surface area (Å²) in [6, 6.07) is 5.89. The van der Waals surface area contributed by atoms with Crippen LogP contribution in [0.3, 0.4) is 0 Å². The van der Waals surface area contributed by atoms with E-state index in [1.807, 2.05) is 0 Å². The summed E-state index contributed by atoms with van der Waals surface area (Å²) in [7, 11) is 2.52. The molecular formula is C18H19NO6. The van der Waals surface area contributed by atoms with Gasteiger partial charge >= 0.3 is 11.9 Å². The smallest absolute Gasteiger partial charge is 0.334 e. The van der Waals surface area contributed by atoms with Crippen molar-refractivity contribution in [2.75, 3.05) is 14.2 Å². The van der Waals surface area contributed by atoms with E-state index >= 15 is 0 Å². The number of non-ortho nitro benzene ring substituents is 1. The Morgan fingerprint density at radius 2 is 1.60 bits per heavy atom. The van der Waals surface area contributed by atoms with Gasteiger partial charge in [0.2, 0.25) is 0 Å². The number of nitro groups is 1. The molecule has 7 nitrogen and oxygen atoms in total. The van der Waals surface area contributed by atoms with Crippen LogP contribution in [0, 0.1) is 10.1 Å². The Kier molecular flexibility index (Phi) is 5.36. The minimum atomic E-state index is -0.770. The second-order valence-corrected chi connectivity index (χ2v) is 5.83. The van der Waals surface area contributed by atoms with Gasteiger partial charge in [0, 0.05) is 29.2 Å². The maximum Gasteiger partial charge on any atom is 0.334 e. The molecule has 0 saturated carbocycles. The number of rotatable bonds is 4. The molecule has 0 aliphatic heterocycles. The Bertz CT molecular complexity index is 768. The second kappa shape index (κ2) is 7.29. The van der Waals surface area contributed by atoms with Crippen molar-refractivity contribution >= 4 is 17.6 Å². The average molecular weight is 345 g/mol. The molecule has 0 bridgehead atoms. The van der Waals surface area contributed by atoms with Crippen molar-refractivity contribution in [2.24, 2.45) is 0 Å². The number of hydrogen-bond donors (Lipinski definition) is 0. The van der Waals surface area contributed by atoms with E-state index in [0.29, 0.717) is 23.1 Å². The van der Waals surface area contributed by atoms with Crippen molar-refractivity contribution in [1.82, 2.24) is 0 Å². The molecule has 0 amide bonds. The lowest BCUT2D eigenvalue weighted by Crippen LogP contribution is -2.26. The Hall–Kier alpha value is -2.96. The first-order valence-corrected chi connectivity index (χ1v) is 7.62. The molecule has 0 heterocycles. The highest BCUT2D eigenvalue weighted by molar-refractivity contribution is 6.00. The Morgan fingerprint density at radius 3 is 2.04 bits per heavy atom. The van der Waals surface area contributed by atoms with Crippen LogP contribution in [0.15, 0.2) is 46.6 Å². The summed E-state index contributed by atoms with van der Waals surface area (Å²) in [6.45, 7) is 3.57. The van der Waals surface area contributed by atoms with Gasteiger partial charge in [-0.1, -0.05) is 23.3 Å². The second-order valence-electron chi connectivity index (χ2n) is 5.83. The van der Waals surface area contributed by atoms with Crippen LogP contribution in [0.1, 0.15) is 31.7 Å². The molecule has 0 spiro atoms. The highest BCUT2D eigenvalue weighted by atomic mass is 16.6. The molecule has 0 atom stereocenters. The summed E-state index contributed by atoms with van der Waals surface area (Å²) in [5.74, 6) is -1.90. The van der Waals surface area contributed by atoms with E-state index < -0.39 is 22.8 Å². The van der Waals surface area contributed by atoms with Gasteiger partial charge in [-0.2, -0.15) is 0 Å². The predicted octanol–water partition coefficient (Wildman–Crippen LogP) is 3.06. The summed E-state index contributed by atoms with van der Waals surface area (Å²) in [5, 5.41) is 11.1. The van der Waals surface area contributed by atoms with E-state index in [-0.39, 0.29) is 5.69 Å². The van der Waals surface area contributed by atoms with Crippen molar-refractivity contribution in [1.29, 1.82) is 0 Å². The minimum absolute atomic E-state index is 0.119. The van der Waals surface area contributed by atoms with Crippen molar-refractivity contribution in [3.05, 3.63) is 62.2 Å². The third kappa shape index (κ3) is 3.45. The van der Waals surface area contributed by atoms with Crippen molar-refractivity contribution in [3.63, 3.8) is 0 Å². The number of benzene rings is 1. The number of ether oxygens (including phenoxy) is 2. The lowest BCUT2D eigenvalue weighted by atomic mass is 9.75. The summed E-state index contributed by atoms with van der Waals surface area (Å²) >= 11 is 0. The molecule has 25 heavy (non-hydrogen) atoms. The standard InChI is InChI=1S/C18H19NO6/c1-10-8-11(2)15(18(21)25-4)16(14(10)17(20)24-3)12-6-5-7-13(9-12)19(22)23/h5-7,9,16H,8H2,1-4H3. The van der Waals surface area contributed by atoms with Gasteiger partial charge in [0.15, 0.2) is 0 Å². The van der Waals surface area contributed by atoms with Gasteiger partial charge in [-0.15, -0.1) is 0 Å². The molecule has 1 aromatic rings. The fourth-order valence-corrected chi connectivity index (χ4v) is 3.18. The molecule has 2 rings (SSSR count). The number of esters is 2. The first-order chi connectivity index (χ1) is 11.8. The van der Waals surface area contributed by atoms with E-state index in [9.17, 15) is 19.7 Å². The monoisotopic (exact) mass is 345 g/mol. The number of methoxy groups -OCH3 is 2. The van der Waals surface area contributed by atoms with Gasteiger partial charge in [-0.05, 0) is 25.8 Å². The predicted molar refractivity (Wildman–Crippen MR) is 89.9 cm³/mol. The zero-order valence-electron chi connectivity index (χ0n) is 14.5. The number of nitrogens with zero attached hydrogens (tertiary/aromatic N) is 1. The first kappa shape index (κ1) is 18.4. The lowest BCUT2D eigenvalue weighted by Gasteiger charge is -2.29. The van der Waals surface area contributed by atoms with Crippen molar-refractivity contribution in [3.8, 4) is 0 Å². The fraction of sp³-hybridized carbons (Fsp3) is 0.333. The average Bonchev–Trinajstić information content (AvgIpc) is 2.59. The Morgan fingerprint density at radius 1 is 1.08 bits per heavy atom. The summed E-state index contributed by atoms with van der Waals surface area (Å²) < 4.78 is 9.76. The maximum atomic E-state index is 12.4. The zero-order valence-corrected chi connectivity index (χ0v) is 14.5. The topological polar surface area (TPSA) is 95.7 Å². The highest BCUT2D eigenvalue weighted by Crippen LogP contribution is 2.43. The maximum absolute atomic E-state index is 12.4. The molecule has 1 aliphatic rings. The molecule has 0 unspecified atom stereocenters. The SMILES string of the molecule is COC(=O)C1=C(C)CC(C)=C(C(=O)OC)C1c1cccc([N+](=O)[O-])c1. The van der Waals surface area contributed by atoms with Crippen LogP contribution in [0.25, 0.3) is 0 Å². The molecule has 0 radical (unpaired) electrons. The summed E-state index contributed by atoms with van der Waals surface area (Å²) in [4.78, 5) is 35.3. The first-order valence-electron chi connectivity index (χ1n) is 7.62. The van der Waals surface area contributed by atoms with Crippen molar-refractivity contribution in [2.45, 2.75) is 26.2 Å². The molecule has 0 aromatic heterocycles. The minimum Gasteiger partial charge on any atom is -0.466 e. The number of hydrogen-bond acceptors (Lipinski definition) is 6. The fourth-order valence-electron chi connectivity index (χ4n) is 3.18. The third-order valence-electron chi connectivity index (χ3n) is 4.25. The normalized spacial score (nSPS) is 15.2. The molecule has 7 heteroatoms. The number of carbonyl (C=O) groups excluding carboxylic acids is 2. The quantitative estimate of drug-likeness (QED) is 0.473. The van der Waals surface area contributed by atoms with E-state index in [1.165, 1.54) is 32.4 Å². The molecule has 1 aromatic carbocycles. The molecule has 0 N–H and O–H groups in total. The van der Waals surface area contributed by atoms with E-state index in [0.717, 1.165) is 11.1 Å². The molecule has 0 fully saturated rings. The van der Waals surface area contributed by atoms with Crippen LogP contribution >= 0.6 is 0 Å². The van der Waals surface area contributed by atoms with Crippen LogP contribution in [-0.4, -0.2) is 31.1 Å². The van der Waals surface area contributed by atoms with Crippen molar-refractivity contribution < 1.29 is 24.0 Å². The van der Waals surface area contributed by atoms with Gasteiger partial charge in [0.25, 0.3) is 5.69 Å². The number of nitro benzene ring substituents is 1. The Labute approximate surface area is 145 Å². The van der Waals surface area contributed by atoms with Crippen LogP contribution in [-0.2, 0) is 19.1 Å². The number of allylic oxidation sites excluding steroid dienone is 2. The summed E-state index contributed by atoms with van der Waals surface area (Å²) in [6.07, 6.45) is 0.431. The zero-order chi connectivity index (χ0) is 18.7. The van der Waals surface area contributed by atoms with Gasteiger partial charge in [0.1, 0.15) is 0 Å². The van der Waals surface area contributed by atoms with Gasteiger partial charge in [-0.3, -0.25) is 10.1 Å². The van der Waals surface area contributed by atoms with E-state index in [2.05, 4.69) is 0 Å². The van der Waals surface area contributed by atoms with Gasteiger partial charge < -0.3 is 9.47 Å². The number of carbonyl (C=O) groups is 2. The summed E-state index contributed by atoms with van der Waals surface area (Å²) in [5.41, 5.74) is 2.49. The molecular weight excluding hydrogens is 326 g/mol. The van der Waals surface area contributed by atoms with Crippen LogP contribution < -0.4 is 0 Å². The molecule has 132 valence electrons. The molecule has 1 aliphatic carbocycles. The highest BCUT2D eigenvalue weighted by Gasteiger charge is 2.37. The van der Waals surface area contributed by atoms with Crippen LogP contribution in [0.4, 0.5) is 5.69 Å². The Balaban J connectivity index is 2.72. The molecule has 0 saturated heterocycles. The third-order valence-corrected chi connectivity index (χ3v) is 4.25. The van der Waals surface area contributed by atoms with Crippen LogP contribution in [0.2, 0.25) is 0 Å². The van der Waals surface area contributed by atoms with Gasteiger partial charge in [0.05, 0.1) is 19.1 Å². The largest absolute Gasteiger partial charge is 0.466 e. The van der Waals surface area contributed by atoms with E-state index in [1.54, 1.807) is 19.9 Å². The van der Waals surface area contributed by atoms with Crippen LogP contribution in [0.5, 0.6) is 0 Å². The lowest BCUT2D eigenvalue weighted by molar-refractivity contribution is -0.384. The van der Waals surface area contributed by atoms with Gasteiger partial charge in [-0.25, -0.2) is 9.59 Å². The van der Waals surface area contributed by atoms with E-state index in [4.69, 9.17) is 9.47 Å².